The molecule has 0 aliphatic heterocycles. The summed E-state index contributed by atoms with van der Waals surface area (Å²) in [6, 6.07) is 3.11. The fourth-order valence-electron chi connectivity index (χ4n) is 3.46. The number of hydrogen-bond acceptors (Lipinski definition) is 8. The van der Waals surface area contributed by atoms with Crippen LogP contribution >= 0.6 is 0 Å². The number of hydrogen-bond donors (Lipinski definition) is 1. The van der Waals surface area contributed by atoms with Gasteiger partial charge in [0.2, 0.25) is 0 Å². The highest BCUT2D eigenvalue weighted by atomic mass is 19.4. The molecule has 0 aliphatic carbocycles. The molecule has 2 aromatic carbocycles. The molecule has 1 N–H and O–H groups in total. The highest BCUT2D eigenvalue weighted by molar-refractivity contribution is 5.81. The monoisotopic (exact) mass is 623 g/mol. The first kappa shape index (κ1) is 36.4. The van der Waals surface area contributed by atoms with Gasteiger partial charge in [-0.25, -0.2) is 4.79 Å². The van der Waals surface area contributed by atoms with Gasteiger partial charge in [-0.15, -0.1) is 5.11 Å². The standard InChI is InChI=1S/C14H7F6N5O4.C11H22NO2/c15-13(16,17)9-5-7(24(26)27)1-3-11(9)21-23-22-12-4-2-8(25(28)29)6-10(12)14(18,19)20;1-5-12(6-2,7-3)10-9-11(13)14-8-4/h1-6H,(H,21,22);9-10H,5-8H2,1-4H3/q;+1/b;10-9+. The number of quaternary nitrogens is 1. The van der Waals surface area contributed by atoms with Crippen molar-refractivity contribution in [3.63, 3.8) is 0 Å². The molecule has 0 fully saturated rings. The van der Waals surface area contributed by atoms with E-state index in [9.17, 15) is 51.4 Å². The molecule has 0 atom stereocenters. The second kappa shape index (κ2) is 15.6. The lowest BCUT2D eigenvalue weighted by Gasteiger charge is -2.31. The molecule has 0 unspecified atom stereocenters. The Balaban J connectivity index is 0.000000557. The van der Waals surface area contributed by atoms with E-state index in [1.807, 2.05) is 13.1 Å². The first-order valence-corrected chi connectivity index (χ1v) is 12.5. The maximum atomic E-state index is 13.0. The summed E-state index contributed by atoms with van der Waals surface area (Å²) >= 11 is 0. The second-order valence-electron chi connectivity index (χ2n) is 8.49. The van der Waals surface area contributed by atoms with Gasteiger partial charge >= 0.3 is 18.3 Å². The molecule has 2 aromatic rings. The van der Waals surface area contributed by atoms with Crippen LogP contribution in [-0.2, 0) is 21.9 Å². The van der Waals surface area contributed by atoms with Crippen molar-refractivity contribution in [2.24, 2.45) is 10.3 Å². The summed E-state index contributed by atoms with van der Waals surface area (Å²) in [5, 5.41) is 27.4. The van der Waals surface area contributed by atoms with Crippen LogP contribution in [0.5, 0.6) is 0 Å². The summed E-state index contributed by atoms with van der Waals surface area (Å²) in [5.41, 5.74) is -4.70. The number of nitro benzene ring substituents is 2. The van der Waals surface area contributed by atoms with Gasteiger partial charge in [0.05, 0.1) is 59.0 Å². The quantitative estimate of drug-likeness (QED) is 0.0515. The number of non-ortho nitro benzene ring substituents is 2. The lowest BCUT2D eigenvalue weighted by molar-refractivity contribution is -0.874. The zero-order valence-corrected chi connectivity index (χ0v) is 23.4. The number of carbonyl (C=O) groups is 1. The zero-order chi connectivity index (χ0) is 33.0. The average Bonchev–Trinajstić information content (AvgIpc) is 2.93. The van der Waals surface area contributed by atoms with Crippen LogP contribution in [0.2, 0.25) is 0 Å². The van der Waals surface area contributed by atoms with E-state index in [4.69, 9.17) is 4.74 Å². The molecule has 0 aliphatic rings. The lowest BCUT2D eigenvalue weighted by Crippen LogP contribution is -2.42. The van der Waals surface area contributed by atoms with E-state index in [1.165, 1.54) is 0 Å². The maximum Gasteiger partial charge on any atom is 0.418 e. The minimum atomic E-state index is -5.05. The van der Waals surface area contributed by atoms with Gasteiger partial charge in [-0.05, 0) is 39.8 Å². The lowest BCUT2D eigenvalue weighted by atomic mass is 10.1. The number of rotatable bonds is 11. The highest BCUT2D eigenvalue weighted by Gasteiger charge is 2.36. The average molecular weight is 624 g/mol. The number of carbonyl (C=O) groups excluding carboxylic acids is 1. The summed E-state index contributed by atoms with van der Waals surface area (Å²) in [7, 11) is 0. The van der Waals surface area contributed by atoms with Gasteiger partial charge < -0.3 is 4.74 Å². The number of esters is 1. The number of anilines is 1. The number of nitrogens with zero attached hydrogens (tertiary/aromatic N) is 5. The Bertz CT molecular complexity index is 1330. The van der Waals surface area contributed by atoms with E-state index in [2.05, 4.69) is 31.1 Å². The number of alkyl halides is 6. The molecule has 18 heteroatoms. The largest absolute Gasteiger partial charge is 0.463 e. The van der Waals surface area contributed by atoms with E-state index >= 15 is 0 Å². The van der Waals surface area contributed by atoms with Crippen molar-refractivity contribution in [2.45, 2.75) is 40.0 Å². The second-order valence-corrected chi connectivity index (χ2v) is 8.49. The minimum Gasteiger partial charge on any atom is -0.463 e. The molecule has 0 spiro atoms. The predicted molar refractivity (Wildman–Crippen MR) is 142 cm³/mol. The molecule has 43 heavy (non-hydrogen) atoms. The normalized spacial score (nSPS) is 12.1. The van der Waals surface area contributed by atoms with Crippen molar-refractivity contribution in [3.05, 3.63) is 80.0 Å². The van der Waals surface area contributed by atoms with Crippen LogP contribution in [-0.4, -0.2) is 46.5 Å². The Labute approximate surface area is 241 Å². The van der Waals surface area contributed by atoms with E-state index in [-0.39, 0.29) is 18.1 Å². The first-order valence-electron chi connectivity index (χ1n) is 12.5. The third-order valence-electron chi connectivity index (χ3n) is 6.05. The summed E-state index contributed by atoms with van der Waals surface area (Å²) < 4.78 is 83.8. The minimum absolute atomic E-state index is 0.196. The van der Waals surface area contributed by atoms with Crippen LogP contribution in [0.25, 0.3) is 0 Å². The Morgan fingerprint density at radius 2 is 1.37 bits per heavy atom. The molecule has 12 nitrogen and oxygen atoms in total. The molecule has 0 bridgehead atoms. The SMILES string of the molecule is CCOC(=O)/C=C/[N+](CC)(CC)CC.O=[N+]([O-])c1ccc(N=NNc2ccc([N+](=O)[O-])cc2C(F)(F)F)c(C(F)(F)F)c1. The van der Waals surface area contributed by atoms with Gasteiger partial charge in [-0.3, -0.25) is 30.1 Å². The molecular weight excluding hydrogens is 594 g/mol. The molecule has 0 amide bonds. The van der Waals surface area contributed by atoms with E-state index in [0.29, 0.717) is 24.8 Å². The van der Waals surface area contributed by atoms with Crippen LogP contribution in [0.1, 0.15) is 38.8 Å². The smallest absolute Gasteiger partial charge is 0.418 e. The molecule has 0 heterocycles. The molecule has 2 rings (SSSR count). The third kappa shape index (κ3) is 11.0. The summed E-state index contributed by atoms with van der Waals surface area (Å²) in [6.45, 7) is 11.6. The number of halogens is 6. The van der Waals surface area contributed by atoms with Crippen molar-refractivity contribution < 1.29 is 50.2 Å². The van der Waals surface area contributed by atoms with Crippen molar-refractivity contribution in [3.8, 4) is 0 Å². The number of benzene rings is 2. The Morgan fingerprint density at radius 1 is 0.884 bits per heavy atom. The Kier molecular flexibility index (Phi) is 13.2. The Morgan fingerprint density at radius 3 is 1.81 bits per heavy atom. The number of nitrogens with one attached hydrogen (secondary N) is 1. The number of nitro groups is 2. The van der Waals surface area contributed by atoms with Gasteiger partial charge in [0.15, 0.2) is 0 Å². The molecule has 0 aromatic heterocycles. The van der Waals surface area contributed by atoms with E-state index < -0.39 is 56.1 Å². The summed E-state index contributed by atoms with van der Waals surface area (Å²) in [5.74, 6) is -0.245. The fourth-order valence-corrected chi connectivity index (χ4v) is 3.46. The first-order chi connectivity index (χ1) is 19.9. The molecular formula is C25H29F6N6O6+. The fraction of sp³-hybridized carbons (Fsp3) is 0.400. The van der Waals surface area contributed by atoms with Crippen molar-refractivity contribution in [1.82, 2.24) is 0 Å². The third-order valence-corrected chi connectivity index (χ3v) is 6.05. The van der Waals surface area contributed by atoms with Crippen LogP contribution in [0.3, 0.4) is 0 Å². The van der Waals surface area contributed by atoms with Crippen LogP contribution in [0, 0.1) is 20.2 Å². The molecule has 0 radical (unpaired) electrons. The zero-order valence-electron chi connectivity index (χ0n) is 23.4. The highest BCUT2D eigenvalue weighted by Crippen LogP contribution is 2.39. The number of ether oxygens (including phenoxy) is 1. The van der Waals surface area contributed by atoms with E-state index in [0.717, 1.165) is 30.2 Å². The van der Waals surface area contributed by atoms with E-state index in [1.54, 1.807) is 11.5 Å². The van der Waals surface area contributed by atoms with Crippen LogP contribution in [0.4, 0.5) is 49.1 Å². The van der Waals surface area contributed by atoms with Gasteiger partial charge in [-0.1, -0.05) is 5.22 Å². The van der Waals surface area contributed by atoms with Gasteiger partial charge in [0.25, 0.3) is 11.4 Å². The predicted octanol–water partition coefficient (Wildman–Crippen LogP) is 7.59. The summed E-state index contributed by atoms with van der Waals surface area (Å²) in [4.78, 5) is 30.2. The van der Waals surface area contributed by atoms with Crippen LogP contribution in [0.15, 0.2) is 59.0 Å². The van der Waals surface area contributed by atoms with Gasteiger partial charge in [-0.2, -0.15) is 26.3 Å². The molecule has 236 valence electrons. The topological polar surface area (TPSA) is 149 Å². The van der Waals surface area contributed by atoms with Gasteiger partial charge in [0.1, 0.15) is 11.9 Å². The van der Waals surface area contributed by atoms with Crippen molar-refractivity contribution in [2.75, 3.05) is 31.7 Å². The molecule has 0 saturated carbocycles. The molecule has 0 saturated heterocycles. The maximum absolute atomic E-state index is 13.0. The van der Waals surface area contributed by atoms with Crippen molar-refractivity contribution in [1.29, 1.82) is 0 Å². The van der Waals surface area contributed by atoms with Crippen molar-refractivity contribution >= 4 is 28.7 Å². The summed E-state index contributed by atoms with van der Waals surface area (Å²) in [6.07, 6.45) is -6.60. The van der Waals surface area contributed by atoms with Crippen LogP contribution < -0.4 is 5.43 Å². The van der Waals surface area contributed by atoms with Gasteiger partial charge in [0, 0.05) is 24.3 Å². The Hall–Kier alpha value is -4.61.